The van der Waals surface area contributed by atoms with Crippen molar-refractivity contribution in [3.63, 3.8) is 0 Å². The fourth-order valence-corrected chi connectivity index (χ4v) is 2.40. The average molecular weight is 240 g/mol. The third-order valence-electron chi connectivity index (χ3n) is 3.10. The van der Waals surface area contributed by atoms with Crippen molar-refractivity contribution < 1.29 is 4.74 Å². The molecule has 0 amide bonds. The minimum Gasteiger partial charge on any atom is -0.487 e. The van der Waals surface area contributed by atoms with Gasteiger partial charge in [-0.3, -0.25) is 0 Å². The third kappa shape index (κ3) is 2.04. The van der Waals surface area contributed by atoms with E-state index in [1.165, 1.54) is 0 Å². The van der Waals surface area contributed by atoms with E-state index in [1.807, 2.05) is 26.1 Å². The Labute approximate surface area is 102 Å². The van der Waals surface area contributed by atoms with E-state index in [0.29, 0.717) is 6.04 Å². The van der Waals surface area contributed by atoms with Gasteiger partial charge in [0.15, 0.2) is 0 Å². The summed E-state index contributed by atoms with van der Waals surface area (Å²) in [4.78, 5) is 0. The molecule has 0 fully saturated rings. The molecular weight excluding hydrogens is 222 g/mol. The first kappa shape index (κ1) is 11.7. The summed E-state index contributed by atoms with van der Waals surface area (Å²) in [5, 5.41) is 4.13. The van der Waals surface area contributed by atoms with Gasteiger partial charge in [0.05, 0.1) is 0 Å². The summed E-state index contributed by atoms with van der Waals surface area (Å²) in [5.74, 6) is 0.956. The van der Waals surface area contributed by atoms with E-state index in [2.05, 4.69) is 19.2 Å². The van der Waals surface area contributed by atoms with Crippen LogP contribution < -0.4 is 10.1 Å². The van der Waals surface area contributed by atoms with Crippen molar-refractivity contribution in [1.82, 2.24) is 5.32 Å². The van der Waals surface area contributed by atoms with E-state index in [1.54, 1.807) is 0 Å². The van der Waals surface area contributed by atoms with Crippen LogP contribution in [0.15, 0.2) is 12.1 Å². The molecule has 1 heterocycles. The van der Waals surface area contributed by atoms with Gasteiger partial charge in [-0.05, 0) is 45.5 Å². The highest BCUT2D eigenvalue weighted by Gasteiger charge is 2.33. The Kier molecular flexibility index (Phi) is 2.89. The van der Waals surface area contributed by atoms with Crippen LogP contribution in [0.2, 0.25) is 5.02 Å². The quantitative estimate of drug-likeness (QED) is 0.810. The monoisotopic (exact) mass is 239 g/mol. The smallest absolute Gasteiger partial charge is 0.125 e. The molecular formula is C13H18ClNO. The molecule has 0 saturated heterocycles. The van der Waals surface area contributed by atoms with Gasteiger partial charge in [-0.25, -0.2) is 0 Å². The maximum Gasteiger partial charge on any atom is 0.125 e. The zero-order chi connectivity index (χ0) is 11.9. The molecule has 1 aromatic rings. The molecule has 88 valence electrons. The summed E-state index contributed by atoms with van der Waals surface area (Å²) in [6.07, 6.45) is 0.954. The van der Waals surface area contributed by atoms with Gasteiger partial charge < -0.3 is 10.1 Å². The molecule has 0 spiro atoms. The lowest BCUT2D eigenvalue weighted by molar-refractivity contribution is 0.0675. The Bertz CT molecular complexity index is 415. The normalized spacial score (nSPS) is 22.4. The molecule has 1 aliphatic heterocycles. The molecule has 16 heavy (non-hydrogen) atoms. The van der Waals surface area contributed by atoms with Crippen LogP contribution in [0.4, 0.5) is 0 Å². The Hall–Kier alpha value is -0.730. The molecule has 0 radical (unpaired) electrons. The SMILES string of the molecule is CNC1CC(C)(C)Oc2cc(C)c(Cl)cc21. The minimum absolute atomic E-state index is 0.124. The Morgan fingerprint density at radius 3 is 2.75 bits per heavy atom. The lowest BCUT2D eigenvalue weighted by Crippen LogP contribution is -2.38. The van der Waals surface area contributed by atoms with Crippen molar-refractivity contribution in [2.24, 2.45) is 0 Å². The number of ether oxygens (including phenoxy) is 1. The molecule has 1 aliphatic rings. The predicted molar refractivity (Wildman–Crippen MR) is 67.3 cm³/mol. The van der Waals surface area contributed by atoms with Gasteiger partial charge in [-0.1, -0.05) is 11.6 Å². The van der Waals surface area contributed by atoms with Crippen molar-refractivity contribution in [3.8, 4) is 5.75 Å². The molecule has 1 aromatic carbocycles. The second kappa shape index (κ2) is 3.94. The number of aryl methyl sites for hydroxylation is 1. The number of rotatable bonds is 1. The largest absolute Gasteiger partial charge is 0.487 e. The van der Waals surface area contributed by atoms with Crippen molar-refractivity contribution >= 4 is 11.6 Å². The van der Waals surface area contributed by atoms with Crippen molar-refractivity contribution in [2.45, 2.75) is 38.8 Å². The topological polar surface area (TPSA) is 21.3 Å². The fourth-order valence-electron chi connectivity index (χ4n) is 2.23. The highest BCUT2D eigenvalue weighted by Crippen LogP contribution is 2.41. The van der Waals surface area contributed by atoms with Gasteiger partial charge in [0.1, 0.15) is 11.4 Å². The van der Waals surface area contributed by atoms with E-state index in [0.717, 1.165) is 28.3 Å². The zero-order valence-corrected chi connectivity index (χ0v) is 11.0. The fraction of sp³-hybridized carbons (Fsp3) is 0.538. The molecule has 2 rings (SSSR count). The summed E-state index contributed by atoms with van der Waals surface area (Å²) >= 11 is 6.16. The summed E-state index contributed by atoms with van der Waals surface area (Å²) < 4.78 is 5.99. The maximum absolute atomic E-state index is 6.16. The molecule has 2 nitrogen and oxygen atoms in total. The van der Waals surface area contributed by atoms with E-state index in [4.69, 9.17) is 16.3 Å². The van der Waals surface area contributed by atoms with Crippen LogP contribution in [0.25, 0.3) is 0 Å². The molecule has 0 saturated carbocycles. The summed E-state index contributed by atoms with van der Waals surface area (Å²) in [6.45, 7) is 6.23. The second-order valence-electron chi connectivity index (χ2n) is 5.05. The molecule has 3 heteroatoms. The number of benzene rings is 1. The summed E-state index contributed by atoms with van der Waals surface area (Å²) in [5.41, 5.74) is 2.10. The molecule has 0 aromatic heterocycles. The first-order valence-corrected chi connectivity index (χ1v) is 5.97. The summed E-state index contributed by atoms with van der Waals surface area (Å²) in [7, 11) is 1.98. The Morgan fingerprint density at radius 2 is 2.12 bits per heavy atom. The second-order valence-corrected chi connectivity index (χ2v) is 5.45. The van der Waals surface area contributed by atoms with E-state index in [9.17, 15) is 0 Å². The highest BCUT2D eigenvalue weighted by molar-refractivity contribution is 6.31. The van der Waals surface area contributed by atoms with Gasteiger partial charge >= 0.3 is 0 Å². The molecule has 1 unspecified atom stereocenters. The van der Waals surface area contributed by atoms with Gasteiger partial charge in [0.25, 0.3) is 0 Å². The van der Waals surface area contributed by atoms with Crippen LogP contribution >= 0.6 is 11.6 Å². The van der Waals surface area contributed by atoms with Crippen LogP contribution in [0, 0.1) is 6.92 Å². The lowest BCUT2D eigenvalue weighted by atomic mass is 9.89. The maximum atomic E-state index is 6.16. The number of halogens is 1. The zero-order valence-electron chi connectivity index (χ0n) is 10.2. The van der Waals surface area contributed by atoms with Gasteiger partial charge in [-0.15, -0.1) is 0 Å². The van der Waals surface area contributed by atoms with E-state index >= 15 is 0 Å². The van der Waals surface area contributed by atoms with Crippen LogP contribution in [0.3, 0.4) is 0 Å². The number of fused-ring (bicyclic) bond motifs is 1. The standard InChI is InChI=1S/C13H18ClNO/c1-8-5-12-9(6-10(8)14)11(15-4)7-13(2,3)16-12/h5-6,11,15H,7H2,1-4H3. The first-order valence-electron chi connectivity index (χ1n) is 5.59. The van der Waals surface area contributed by atoms with Crippen molar-refractivity contribution in [1.29, 1.82) is 0 Å². The molecule has 1 atom stereocenters. The number of hydrogen-bond acceptors (Lipinski definition) is 2. The molecule has 0 bridgehead atoms. The number of nitrogens with one attached hydrogen (secondary N) is 1. The summed E-state index contributed by atoms with van der Waals surface area (Å²) in [6, 6.07) is 4.36. The lowest BCUT2D eigenvalue weighted by Gasteiger charge is -2.37. The Morgan fingerprint density at radius 1 is 1.44 bits per heavy atom. The van der Waals surface area contributed by atoms with Crippen LogP contribution in [0.1, 0.15) is 37.4 Å². The Balaban J connectivity index is 2.50. The predicted octanol–water partition coefficient (Wildman–Crippen LogP) is 3.47. The minimum atomic E-state index is -0.124. The third-order valence-corrected chi connectivity index (χ3v) is 3.50. The van der Waals surface area contributed by atoms with Crippen molar-refractivity contribution in [3.05, 3.63) is 28.3 Å². The van der Waals surface area contributed by atoms with Crippen molar-refractivity contribution in [2.75, 3.05) is 7.05 Å². The number of hydrogen-bond donors (Lipinski definition) is 1. The van der Waals surface area contributed by atoms with E-state index < -0.39 is 0 Å². The highest BCUT2D eigenvalue weighted by atomic mass is 35.5. The molecule has 0 aliphatic carbocycles. The van der Waals surface area contributed by atoms with Crippen LogP contribution in [0.5, 0.6) is 5.75 Å². The van der Waals surface area contributed by atoms with Gasteiger partial charge in [0, 0.05) is 23.0 Å². The van der Waals surface area contributed by atoms with Gasteiger partial charge in [0.2, 0.25) is 0 Å². The van der Waals surface area contributed by atoms with E-state index in [-0.39, 0.29) is 5.60 Å². The van der Waals surface area contributed by atoms with Crippen LogP contribution in [-0.4, -0.2) is 12.6 Å². The van der Waals surface area contributed by atoms with Crippen LogP contribution in [-0.2, 0) is 0 Å². The average Bonchev–Trinajstić information content (AvgIpc) is 2.18. The molecule has 1 N–H and O–H groups in total. The first-order chi connectivity index (χ1) is 7.43. The van der Waals surface area contributed by atoms with Gasteiger partial charge in [-0.2, -0.15) is 0 Å².